The second kappa shape index (κ2) is 5.62. The maximum Gasteiger partial charge on any atom is 0.124 e. The Morgan fingerprint density at radius 2 is 2.19 bits per heavy atom. The smallest absolute Gasteiger partial charge is 0.124 e. The maximum atomic E-state index is 12.8. The highest BCUT2D eigenvalue weighted by Crippen LogP contribution is 2.23. The zero-order chi connectivity index (χ0) is 12.2. The molecule has 0 saturated carbocycles. The van der Waals surface area contributed by atoms with Crippen molar-refractivity contribution in [2.75, 3.05) is 13.6 Å². The maximum absolute atomic E-state index is 12.8. The minimum atomic E-state index is -0.829. The zero-order valence-electron chi connectivity index (χ0n) is 9.56. The van der Waals surface area contributed by atoms with Crippen LogP contribution in [0.25, 0.3) is 0 Å². The van der Waals surface area contributed by atoms with E-state index < -0.39 is 5.60 Å². The number of benzene rings is 1. The number of nitrogens with one attached hydrogen (secondary N) is 1. The molecule has 2 N–H and O–H groups in total. The minimum absolute atomic E-state index is 0.358. The standard InChI is InChI=1S/C12H17ClFNO/c1-12(16,5-6-15-2)8-9-3-4-10(14)7-11(9)13/h3-4,7,15-16H,5-6,8H2,1-2H3. The largest absolute Gasteiger partial charge is 0.390 e. The van der Waals surface area contributed by atoms with E-state index in [2.05, 4.69) is 5.32 Å². The van der Waals surface area contributed by atoms with E-state index in [0.717, 1.165) is 12.1 Å². The summed E-state index contributed by atoms with van der Waals surface area (Å²) >= 11 is 5.90. The zero-order valence-corrected chi connectivity index (χ0v) is 10.3. The molecule has 0 saturated heterocycles. The molecule has 2 nitrogen and oxygen atoms in total. The van der Waals surface area contributed by atoms with Crippen LogP contribution >= 0.6 is 11.6 Å². The van der Waals surface area contributed by atoms with E-state index in [0.29, 0.717) is 17.9 Å². The van der Waals surface area contributed by atoms with Crippen molar-refractivity contribution in [2.45, 2.75) is 25.4 Å². The molecular formula is C12H17ClFNO. The average Bonchev–Trinajstić information content (AvgIpc) is 2.19. The summed E-state index contributed by atoms with van der Waals surface area (Å²) in [6, 6.07) is 4.24. The number of aliphatic hydroxyl groups is 1. The fourth-order valence-electron chi connectivity index (χ4n) is 1.56. The van der Waals surface area contributed by atoms with Gasteiger partial charge in [-0.15, -0.1) is 0 Å². The van der Waals surface area contributed by atoms with Crippen LogP contribution in [0, 0.1) is 5.82 Å². The Kier molecular flexibility index (Phi) is 4.71. The number of hydrogen-bond donors (Lipinski definition) is 2. The van der Waals surface area contributed by atoms with E-state index in [1.165, 1.54) is 12.1 Å². The fraction of sp³-hybridized carbons (Fsp3) is 0.500. The Hall–Kier alpha value is -0.640. The lowest BCUT2D eigenvalue weighted by Crippen LogP contribution is -2.31. The Morgan fingerprint density at radius 3 is 2.75 bits per heavy atom. The third kappa shape index (κ3) is 4.08. The lowest BCUT2D eigenvalue weighted by Gasteiger charge is -2.23. The van der Waals surface area contributed by atoms with Gasteiger partial charge in [0.2, 0.25) is 0 Å². The van der Waals surface area contributed by atoms with Crippen LogP contribution in [0.5, 0.6) is 0 Å². The summed E-state index contributed by atoms with van der Waals surface area (Å²) in [5, 5.41) is 13.4. The third-order valence-electron chi connectivity index (χ3n) is 2.50. The normalized spacial score (nSPS) is 14.8. The molecule has 16 heavy (non-hydrogen) atoms. The number of hydrogen-bond acceptors (Lipinski definition) is 2. The molecule has 0 spiro atoms. The van der Waals surface area contributed by atoms with Gasteiger partial charge in [0.25, 0.3) is 0 Å². The van der Waals surface area contributed by atoms with Crippen LogP contribution in [0.1, 0.15) is 18.9 Å². The van der Waals surface area contributed by atoms with Gasteiger partial charge >= 0.3 is 0 Å². The van der Waals surface area contributed by atoms with Crippen molar-refractivity contribution in [2.24, 2.45) is 0 Å². The average molecular weight is 246 g/mol. The first kappa shape index (κ1) is 13.4. The molecule has 1 aromatic carbocycles. The summed E-state index contributed by atoms with van der Waals surface area (Å²) in [4.78, 5) is 0. The van der Waals surface area contributed by atoms with Crippen molar-refractivity contribution in [3.05, 3.63) is 34.6 Å². The van der Waals surface area contributed by atoms with Gasteiger partial charge in [0, 0.05) is 11.4 Å². The number of rotatable bonds is 5. The molecular weight excluding hydrogens is 229 g/mol. The predicted molar refractivity (Wildman–Crippen MR) is 64.3 cm³/mol. The summed E-state index contributed by atoms with van der Waals surface area (Å²) in [7, 11) is 1.83. The van der Waals surface area contributed by atoms with Crippen LogP contribution in [0.4, 0.5) is 4.39 Å². The first-order chi connectivity index (χ1) is 7.44. The van der Waals surface area contributed by atoms with Crippen LogP contribution in [0.2, 0.25) is 5.02 Å². The van der Waals surface area contributed by atoms with Crippen molar-refractivity contribution in [3.8, 4) is 0 Å². The van der Waals surface area contributed by atoms with Crippen LogP contribution in [0.15, 0.2) is 18.2 Å². The van der Waals surface area contributed by atoms with Crippen molar-refractivity contribution >= 4 is 11.6 Å². The lowest BCUT2D eigenvalue weighted by molar-refractivity contribution is 0.0520. The van der Waals surface area contributed by atoms with E-state index in [9.17, 15) is 9.50 Å². The van der Waals surface area contributed by atoms with Crippen molar-refractivity contribution in [1.29, 1.82) is 0 Å². The molecule has 0 radical (unpaired) electrons. The summed E-state index contributed by atoms with van der Waals surface area (Å²) in [5.41, 5.74) is -0.0611. The van der Waals surface area contributed by atoms with Gasteiger partial charge in [0.1, 0.15) is 5.82 Å². The predicted octanol–water partition coefficient (Wildman–Crippen LogP) is 2.38. The Morgan fingerprint density at radius 1 is 1.50 bits per heavy atom. The molecule has 0 aliphatic carbocycles. The lowest BCUT2D eigenvalue weighted by atomic mass is 9.93. The molecule has 4 heteroatoms. The van der Waals surface area contributed by atoms with Gasteiger partial charge in [-0.2, -0.15) is 0 Å². The highest BCUT2D eigenvalue weighted by molar-refractivity contribution is 6.31. The molecule has 0 aromatic heterocycles. The van der Waals surface area contributed by atoms with E-state index in [1.807, 2.05) is 7.05 Å². The van der Waals surface area contributed by atoms with E-state index in [1.54, 1.807) is 13.0 Å². The molecule has 0 aliphatic heterocycles. The van der Waals surface area contributed by atoms with Gasteiger partial charge in [0.05, 0.1) is 5.60 Å². The summed E-state index contributed by atoms with van der Waals surface area (Å²) < 4.78 is 12.8. The molecule has 0 amide bonds. The van der Waals surface area contributed by atoms with E-state index in [4.69, 9.17) is 11.6 Å². The summed E-state index contributed by atoms with van der Waals surface area (Å²) in [5.74, 6) is -0.358. The van der Waals surface area contributed by atoms with Crippen LogP contribution in [0.3, 0.4) is 0 Å². The number of halogens is 2. The second-order valence-electron chi connectivity index (χ2n) is 4.26. The fourth-order valence-corrected chi connectivity index (χ4v) is 1.79. The van der Waals surface area contributed by atoms with Gasteiger partial charge in [-0.05, 0) is 44.6 Å². The molecule has 0 bridgehead atoms. The van der Waals surface area contributed by atoms with Crippen molar-refractivity contribution in [1.82, 2.24) is 5.32 Å². The highest BCUT2D eigenvalue weighted by atomic mass is 35.5. The quantitative estimate of drug-likeness (QED) is 0.835. The Bertz CT molecular complexity index is 355. The Labute approximate surface area is 100 Å². The first-order valence-corrected chi connectivity index (χ1v) is 5.63. The molecule has 0 fully saturated rings. The Balaban J connectivity index is 2.71. The molecule has 0 aliphatic rings. The van der Waals surface area contributed by atoms with Gasteiger partial charge in [-0.1, -0.05) is 17.7 Å². The topological polar surface area (TPSA) is 32.3 Å². The second-order valence-corrected chi connectivity index (χ2v) is 4.67. The van der Waals surface area contributed by atoms with Gasteiger partial charge in [0.15, 0.2) is 0 Å². The minimum Gasteiger partial charge on any atom is -0.390 e. The van der Waals surface area contributed by atoms with Crippen molar-refractivity contribution in [3.63, 3.8) is 0 Å². The third-order valence-corrected chi connectivity index (χ3v) is 2.85. The molecule has 90 valence electrons. The molecule has 1 rings (SSSR count). The molecule has 1 atom stereocenters. The van der Waals surface area contributed by atoms with Crippen LogP contribution < -0.4 is 5.32 Å². The van der Waals surface area contributed by atoms with E-state index in [-0.39, 0.29) is 5.82 Å². The highest BCUT2D eigenvalue weighted by Gasteiger charge is 2.21. The molecule has 0 heterocycles. The molecule has 1 unspecified atom stereocenters. The molecule has 1 aromatic rings. The van der Waals surface area contributed by atoms with E-state index >= 15 is 0 Å². The van der Waals surface area contributed by atoms with Crippen molar-refractivity contribution < 1.29 is 9.50 Å². The SMILES string of the molecule is CNCCC(C)(O)Cc1ccc(F)cc1Cl. The van der Waals surface area contributed by atoms with Gasteiger partial charge < -0.3 is 10.4 Å². The van der Waals surface area contributed by atoms with Crippen LogP contribution in [-0.4, -0.2) is 24.3 Å². The van der Waals surface area contributed by atoms with Gasteiger partial charge in [-0.25, -0.2) is 4.39 Å². The summed E-state index contributed by atoms with van der Waals surface area (Å²) in [6.45, 7) is 2.48. The first-order valence-electron chi connectivity index (χ1n) is 5.25. The van der Waals surface area contributed by atoms with Gasteiger partial charge in [-0.3, -0.25) is 0 Å². The monoisotopic (exact) mass is 245 g/mol. The summed E-state index contributed by atoms with van der Waals surface area (Å²) in [6.07, 6.45) is 1.05. The van der Waals surface area contributed by atoms with Crippen LogP contribution in [-0.2, 0) is 6.42 Å².